The van der Waals surface area contributed by atoms with Gasteiger partial charge in [0.15, 0.2) is 5.82 Å². The standard InChI is InChI=1S/C23H20FN7O5S/c24-17-9-13(16-11-29(14-3-1-2-4-14)23-21(16)22(25)26-12-27-23)5-7-18(17)28-37(36)20-8-6-15(30(32)33)10-19(20)31(34)35/h5-12,14,28H,1-4H2,(H2,25,26,27). The van der Waals surface area contributed by atoms with Crippen molar-refractivity contribution in [1.82, 2.24) is 14.5 Å². The van der Waals surface area contributed by atoms with Gasteiger partial charge in [-0.25, -0.2) is 19.1 Å². The highest BCUT2D eigenvalue weighted by molar-refractivity contribution is 7.92. The van der Waals surface area contributed by atoms with Crippen molar-refractivity contribution in [2.24, 2.45) is 0 Å². The van der Waals surface area contributed by atoms with E-state index in [1.807, 2.05) is 6.20 Å². The molecule has 1 fully saturated rings. The van der Waals surface area contributed by atoms with Gasteiger partial charge in [-0.05, 0) is 30.5 Å². The summed E-state index contributed by atoms with van der Waals surface area (Å²) in [5, 5.41) is 22.9. The van der Waals surface area contributed by atoms with Crippen LogP contribution >= 0.6 is 0 Å². The Morgan fingerprint density at radius 3 is 2.51 bits per heavy atom. The van der Waals surface area contributed by atoms with Crippen molar-refractivity contribution in [2.75, 3.05) is 10.5 Å². The van der Waals surface area contributed by atoms with Gasteiger partial charge in [0.25, 0.3) is 10.6 Å². The van der Waals surface area contributed by atoms with E-state index in [1.165, 1.54) is 18.5 Å². The van der Waals surface area contributed by atoms with Crippen LogP contribution in [0, 0.1) is 26.0 Å². The summed E-state index contributed by atoms with van der Waals surface area (Å²) >= 11 is -2.27. The summed E-state index contributed by atoms with van der Waals surface area (Å²) < 4.78 is 32.5. The lowest BCUT2D eigenvalue weighted by molar-refractivity contribution is -0.396. The first-order chi connectivity index (χ1) is 17.7. The molecule has 190 valence electrons. The van der Waals surface area contributed by atoms with E-state index < -0.39 is 38.4 Å². The molecule has 0 amide bonds. The number of hydrogen-bond donors (Lipinski definition) is 2. The first kappa shape index (κ1) is 24.4. The Hall–Kier alpha value is -4.30. The van der Waals surface area contributed by atoms with Crippen molar-refractivity contribution < 1.29 is 18.8 Å². The third-order valence-electron chi connectivity index (χ3n) is 6.39. The Morgan fingerprint density at radius 2 is 1.84 bits per heavy atom. The van der Waals surface area contributed by atoms with E-state index in [2.05, 4.69) is 19.3 Å². The van der Waals surface area contributed by atoms with Gasteiger partial charge in [-0.1, -0.05) is 18.9 Å². The van der Waals surface area contributed by atoms with Gasteiger partial charge < -0.3 is 14.9 Å². The molecule has 2 aromatic heterocycles. The van der Waals surface area contributed by atoms with E-state index in [4.69, 9.17) is 5.73 Å². The largest absolute Gasteiger partial charge is 0.588 e. The van der Waals surface area contributed by atoms with E-state index in [1.54, 1.807) is 6.07 Å². The number of fused-ring (bicyclic) bond motifs is 1. The summed E-state index contributed by atoms with van der Waals surface area (Å²) in [4.78, 5) is 28.8. The Labute approximate surface area is 211 Å². The molecule has 1 unspecified atom stereocenters. The highest BCUT2D eigenvalue weighted by Crippen LogP contribution is 2.39. The number of nitro benzene ring substituents is 2. The number of rotatable bonds is 7. The van der Waals surface area contributed by atoms with Crippen LogP contribution in [0.25, 0.3) is 22.2 Å². The number of halogens is 1. The van der Waals surface area contributed by atoms with Gasteiger partial charge in [0.1, 0.15) is 34.8 Å². The monoisotopic (exact) mass is 525 g/mol. The Bertz CT molecular complexity index is 1540. The zero-order valence-electron chi connectivity index (χ0n) is 19.2. The molecule has 2 heterocycles. The van der Waals surface area contributed by atoms with Gasteiger partial charge in [0.2, 0.25) is 0 Å². The molecule has 37 heavy (non-hydrogen) atoms. The summed E-state index contributed by atoms with van der Waals surface area (Å²) in [6.07, 6.45) is 7.52. The zero-order valence-corrected chi connectivity index (χ0v) is 20.0. The van der Waals surface area contributed by atoms with Crippen molar-refractivity contribution >= 4 is 45.3 Å². The van der Waals surface area contributed by atoms with Gasteiger partial charge in [0, 0.05) is 29.9 Å². The van der Waals surface area contributed by atoms with Crippen LogP contribution in [0.15, 0.2) is 53.8 Å². The number of hydrogen-bond acceptors (Lipinski definition) is 9. The molecule has 0 radical (unpaired) electrons. The zero-order chi connectivity index (χ0) is 26.3. The quantitative estimate of drug-likeness (QED) is 0.193. The molecule has 1 atom stereocenters. The molecule has 12 nitrogen and oxygen atoms in total. The van der Waals surface area contributed by atoms with Crippen LogP contribution in [0.2, 0.25) is 0 Å². The molecule has 2 aromatic carbocycles. The number of nitrogens with zero attached hydrogens (tertiary/aromatic N) is 5. The van der Waals surface area contributed by atoms with Crippen molar-refractivity contribution in [2.45, 2.75) is 36.6 Å². The first-order valence-corrected chi connectivity index (χ1v) is 12.4. The van der Waals surface area contributed by atoms with Crippen LogP contribution in [-0.2, 0) is 11.4 Å². The number of nitrogen functional groups attached to an aromatic ring is 1. The molecule has 3 N–H and O–H groups in total. The van der Waals surface area contributed by atoms with Crippen molar-refractivity contribution in [3.63, 3.8) is 0 Å². The lowest BCUT2D eigenvalue weighted by atomic mass is 10.1. The minimum Gasteiger partial charge on any atom is -0.588 e. The number of non-ortho nitro benzene ring substituents is 1. The topological polar surface area (TPSA) is 178 Å². The fraction of sp³-hybridized carbons (Fsp3) is 0.217. The smallest absolute Gasteiger partial charge is 0.333 e. The summed E-state index contributed by atoms with van der Waals surface area (Å²) in [7, 11) is 0. The van der Waals surface area contributed by atoms with E-state index in [0.717, 1.165) is 37.8 Å². The average molecular weight is 526 g/mol. The minimum atomic E-state index is -2.27. The predicted octanol–water partition coefficient (Wildman–Crippen LogP) is 4.89. The molecule has 0 spiro atoms. The summed E-state index contributed by atoms with van der Waals surface area (Å²) in [6, 6.07) is 7.17. The molecular formula is C23H20FN7O5S. The maximum absolute atomic E-state index is 15.2. The van der Waals surface area contributed by atoms with E-state index >= 15 is 4.39 Å². The van der Waals surface area contributed by atoms with Crippen molar-refractivity contribution in [3.05, 3.63) is 75.0 Å². The molecule has 1 saturated carbocycles. The molecule has 4 aromatic rings. The third-order valence-corrected chi connectivity index (χ3v) is 7.54. The molecule has 0 aliphatic heterocycles. The van der Waals surface area contributed by atoms with E-state index in [9.17, 15) is 24.8 Å². The van der Waals surface area contributed by atoms with Gasteiger partial charge in [0.05, 0.1) is 21.3 Å². The molecule has 0 bridgehead atoms. The molecule has 1 aliphatic carbocycles. The summed E-state index contributed by atoms with van der Waals surface area (Å²) in [5.74, 6) is -0.487. The van der Waals surface area contributed by atoms with E-state index in [-0.39, 0.29) is 22.4 Å². The van der Waals surface area contributed by atoms with Gasteiger partial charge in [-0.3, -0.25) is 20.2 Å². The minimum absolute atomic E-state index is 0.168. The number of benzene rings is 2. The van der Waals surface area contributed by atoms with Crippen LogP contribution in [-0.4, -0.2) is 28.9 Å². The number of anilines is 2. The first-order valence-electron chi connectivity index (χ1n) is 11.3. The second-order valence-corrected chi connectivity index (χ2v) is 9.76. The predicted molar refractivity (Wildman–Crippen MR) is 135 cm³/mol. The number of nitrogens with two attached hydrogens (primary N) is 1. The Balaban J connectivity index is 1.48. The summed E-state index contributed by atoms with van der Waals surface area (Å²) in [5.41, 5.74) is 6.58. The maximum atomic E-state index is 15.2. The van der Waals surface area contributed by atoms with Gasteiger partial charge >= 0.3 is 5.69 Å². The molecule has 0 saturated heterocycles. The van der Waals surface area contributed by atoms with Crippen LogP contribution in [0.4, 0.5) is 27.3 Å². The molecule has 14 heteroatoms. The van der Waals surface area contributed by atoms with Crippen molar-refractivity contribution in [1.29, 1.82) is 0 Å². The fourth-order valence-electron chi connectivity index (χ4n) is 4.63. The van der Waals surface area contributed by atoms with Crippen LogP contribution < -0.4 is 10.5 Å². The van der Waals surface area contributed by atoms with E-state index in [0.29, 0.717) is 28.2 Å². The number of aromatic nitrogens is 3. The molecule has 5 rings (SSSR count). The van der Waals surface area contributed by atoms with Crippen LogP contribution in [0.5, 0.6) is 0 Å². The Kier molecular flexibility index (Phi) is 6.35. The molecular weight excluding hydrogens is 505 g/mol. The SMILES string of the molecule is Nc1ncnc2c1c(-c1ccc(N[S+]([O-])c3ccc([N+](=O)[O-])cc3[N+](=O)[O-])c(F)c1)cn2C1CCCC1. The lowest BCUT2D eigenvalue weighted by Gasteiger charge is -2.13. The number of nitrogens with one attached hydrogen (secondary N) is 1. The van der Waals surface area contributed by atoms with Gasteiger partial charge in [-0.15, -0.1) is 0 Å². The van der Waals surface area contributed by atoms with Crippen molar-refractivity contribution in [3.8, 4) is 11.1 Å². The normalized spacial score (nSPS) is 14.6. The lowest BCUT2D eigenvalue weighted by Crippen LogP contribution is -2.16. The third kappa shape index (κ3) is 4.51. The Morgan fingerprint density at radius 1 is 1.08 bits per heavy atom. The second-order valence-electron chi connectivity index (χ2n) is 8.58. The maximum Gasteiger partial charge on any atom is 0.333 e. The fourth-order valence-corrected chi connectivity index (χ4v) is 5.62. The average Bonchev–Trinajstić information content (AvgIpc) is 3.53. The summed E-state index contributed by atoms with van der Waals surface area (Å²) in [6.45, 7) is 0. The second kappa shape index (κ2) is 9.63. The molecule has 1 aliphatic rings. The van der Waals surface area contributed by atoms with Crippen LogP contribution in [0.1, 0.15) is 31.7 Å². The van der Waals surface area contributed by atoms with Gasteiger partial charge in [-0.2, -0.15) is 0 Å². The van der Waals surface area contributed by atoms with Crippen LogP contribution in [0.3, 0.4) is 0 Å². The highest BCUT2D eigenvalue weighted by Gasteiger charge is 2.29. The highest BCUT2D eigenvalue weighted by atomic mass is 32.2. The number of nitro groups is 2.